The Hall–Kier alpha value is -2.62. The molecule has 0 saturated heterocycles. The van der Waals surface area contributed by atoms with Gasteiger partial charge in [0.25, 0.3) is 0 Å². The van der Waals surface area contributed by atoms with E-state index in [1.54, 1.807) is 0 Å². The van der Waals surface area contributed by atoms with E-state index in [-0.39, 0.29) is 19.0 Å². The van der Waals surface area contributed by atoms with Crippen LogP contribution in [0.4, 0.5) is 10.1 Å². The molecule has 0 unspecified atom stereocenters. The number of nitrogens with one attached hydrogen (secondary N) is 1. The molecule has 0 aliphatic heterocycles. The van der Waals surface area contributed by atoms with Crippen molar-refractivity contribution in [2.24, 2.45) is 5.73 Å². The number of carbonyl (C=O) groups excluding carboxylic acids is 2. The molecule has 3 N–H and O–H groups in total. The number of carbonyl (C=O) groups is 2. The summed E-state index contributed by atoms with van der Waals surface area (Å²) in [6, 6.07) is 7.67. The van der Waals surface area contributed by atoms with E-state index in [1.165, 1.54) is 29.2 Å². The molecule has 0 heterocycles. The molecule has 128 valence electrons. The van der Waals surface area contributed by atoms with Crippen molar-refractivity contribution in [2.75, 3.05) is 18.0 Å². The minimum Gasteiger partial charge on any atom is -0.368 e. The Labute approximate surface area is 140 Å². The molecular formula is C17H21FN4O2. The lowest BCUT2D eigenvalue weighted by molar-refractivity contribution is -0.121. The summed E-state index contributed by atoms with van der Waals surface area (Å²) < 4.78 is 13.1. The van der Waals surface area contributed by atoms with Crippen LogP contribution in [-0.4, -0.2) is 30.4 Å². The van der Waals surface area contributed by atoms with Crippen molar-refractivity contribution < 1.29 is 14.0 Å². The lowest BCUT2D eigenvalue weighted by Gasteiger charge is -2.32. The van der Waals surface area contributed by atoms with Gasteiger partial charge in [0.1, 0.15) is 11.4 Å². The molecule has 1 fully saturated rings. The molecule has 0 radical (unpaired) electrons. The van der Waals surface area contributed by atoms with Gasteiger partial charge in [-0.15, -0.1) is 0 Å². The van der Waals surface area contributed by atoms with Gasteiger partial charge >= 0.3 is 0 Å². The molecule has 0 aromatic heterocycles. The van der Waals surface area contributed by atoms with Crippen LogP contribution in [0.3, 0.4) is 0 Å². The van der Waals surface area contributed by atoms with E-state index in [1.807, 2.05) is 0 Å². The molecule has 1 aromatic rings. The van der Waals surface area contributed by atoms with Crippen molar-refractivity contribution in [3.63, 3.8) is 0 Å². The lowest BCUT2D eigenvalue weighted by atomic mass is 9.83. The van der Waals surface area contributed by atoms with E-state index in [0.29, 0.717) is 18.5 Å². The monoisotopic (exact) mass is 332 g/mol. The summed E-state index contributed by atoms with van der Waals surface area (Å²) in [6.45, 7) is -0.295. The maximum atomic E-state index is 13.1. The second-order valence-corrected chi connectivity index (χ2v) is 6.10. The van der Waals surface area contributed by atoms with Gasteiger partial charge in [0, 0.05) is 5.69 Å². The van der Waals surface area contributed by atoms with Crippen LogP contribution in [0.2, 0.25) is 0 Å². The Morgan fingerprint density at radius 1 is 1.21 bits per heavy atom. The molecule has 1 aliphatic carbocycles. The molecule has 24 heavy (non-hydrogen) atoms. The predicted octanol–water partition coefficient (Wildman–Crippen LogP) is 1.46. The third-order valence-electron chi connectivity index (χ3n) is 4.17. The van der Waals surface area contributed by atoms with Crippen LogP contribution in [0.15, 0.2) is 24.3 Å². The molecule has 7 heteroatoms. The van der Waals surface area contributed by atoms with Gasteiger partial charge in [-0.3, -0.25) is 9.59 Å². The number of hydrogen-bond acceptors (Lipinski definition) is 4. The molecular weight excluding hydrogens is 311 g/mol. The first kappa shape index (κ1) is 17.7. The number of halogens is 1. The minimum atomic E-state index is -0.837. The van der Waals surface area contributed by atoms with Gasteiger partial charge in [-0.1, -0.05) is 19.3 Å². The highest BCUT2D eigenvalue weighted by atomic mass is 19.1. The molecule has 2 amide bonds. The molecule has 1 saturated carbocycles. The summed E-state index contributed by atoms with van der Waals surface area (Å²) in [7, 11) is 0. The van der Waals surface area contributed by atoms with Crippen LogP contribution in [0.25, 0.3) is 0 Å². The number of anilines is 1. The van der Waals surface area contributed by atoms with E-state index < -0.39 is 17.3 Å². The van der Waals surface area contributed by atoms with Crippen molar-refractivity contribution in [3.8, 4) is 6.07 Å². The van der Waals surface area contributed by atoms with E-state index in [9.17, 15) is 19.2 Å². The van der Waals surface area contributed by atoms with Crippen LogP contribution in [0, 0.1) is 17.1 Å². The van der Waals surface area contributed by atoms with Crippen molar-refractivity contribution >= 4 is 17.5 Å². The smallest absolute Gasteiger partial charge is 0.240 e. The normalized spacial score (nSPS) is 16.0. The maximum absolute atomic E-state index is 13.1. The average molecular weight is 332 g/mol. The van der Waals surface area contributed by atoms with Crippen LogP contribution >= 0.6 is 0 Å². The minimum absolute atomic E-state index is 0.127. The van der Waals surface area contributed by atoms with E-state index in [2.05, 4.69) is 11.4 Å². The Morgan fingerprint density at radius 2 is 1.83 bits per heavy atom. The fraction of sp³-hybridized carbons (Fsp3) is 0.471. The van der Waals surface area contributed by atoms with Crippen molar-refractivity contribution in [3.05, 3.63) is 30.1 Å². The summed E-state index contributed by atoms with van der Waals surface area (Å²) in [5.74, 6) is -1.36. The van der Waals surface area contributed by atoms with Crippen molar-refractivity contribution in [2.45, 2.75) is 37.6 Å². The van der Waals surface area contributed by atoms with Gasteiger partial charge in [-0.25, -0.2) is 4.39 Å². The number of rotatable bonds is 6. The first-order chi connectivity index (χ1) is 11.4. The number of nitrogens with zero attached hydrogens (tertiary/aromatic N) is 2. The lowest BCUT2D eigenvalue weighted by Crippen LogP contribution is -2.52. The first-order valence-electron chi connectivity index (χ1n) is 7.95. The number of nitrogens with two attached hydrogens (primary N) is 1. The van der Waals surface area contributed by atoms with Gasteiger partial charge in [-0.2, -0.15) is 5.26 Å². The molecule has 6 nitrogen and oxygen atoms in total. The number of benzene rings is 1. The number of nitriles is 1. The summed E-state index contributed by atoms with van der Waals surface area (Å²) in [5.41, 5.74) is 4.91. The second kappa shape index (κ2) is 7.77. The van der Waals surface area contributed by atoms with Gasteiger partial charge in [-0.05, 0) is 37.1 Å². The quantitative estimate of drug-likeness (QED) is 0.824. The Morgan fingerprint density at radius 3 is 2.38 bits per heavy atom. The first-order valence-corrected chi connectivity index (χ1v) is 7.95. The maximum Gasteiger partial charge on any atom is 0.240 e. The second-order valence-electron chi connectivity index (χ2n) is 6.10. The molecule has 1 aromatic carbocycles. The van der Waals surface area contributed by atoms with Crippen LogP contribution in [0.1, 0.15) is 32.1 Å². The average Bonchev–Trinajstić information content (AvgIpc) is 2.55. The van der Waals surface area contributed by atoms with Crippen LogP contribution in [-0.2, 0) is 9.59 Å². The topological polar surface area (TPSA) is 99.2 Å². The zero-order valence-electron chi connectivity index (χ0n) is 13.4. The number of amides is 2. The summed E-state index contributed by atoms with van der Waals surface area (Å²) in [6.07, 6.45) is 4.11. The highest BCUT2D eigenvalue weighted by Crippen LogP contribution is 2.27. The third-order valence-corrected chi connectivity index (χ3v) is 4.17. The van der Waals surface area contributed by atoms with Crippen molar-refractivity contribution in [1.82, 2.24) is 5.32 Å². The van der Waals surface area contributed by atoms with Gasteiger partial charge in [0.05, 0.1) is 19.2 Å². The fourth-order valence-electron chi connectivity index (χ4n) is 2.98. The van der Waals surface area contributed by atoms with Crippen molar-refractivity contribution in [1.29, 1.82) is 5.26 Å². The largest absolute Gasteiger partial charge is 0.368 e. The number of primary amides is 1. The standard InChI is InChI=1S/C17H21FN4O2/c18-13-4-6-14(7-5-13)22(10-15(20)23)11-16(24)21-17(12-19)8-2-1-3-9-17/h4-7H,1-3,8-11H2,(H2,20,23)(H,21,24). The summed E-state index contributed by atoms with van der Waals surface area (Å²) >= 11 is 0. The SMILES string of the molecule is N#CC1(NC(=O)CN(CC(N)=O)c2ccc(F)cc2)CCCCC1. The summed E-state index contributed by atoms with van der Waals surface area (Å²) in [4.78, 5) is 25.1. The highest BCUT2D eigenvalue weighted by Gasteiger charge is 2.33. The van der Waals surface area contributed by atoms with E-state index >= 15 is 0 Å². The Balaban J connectivity index is 2.08. The Kier molecular flexibility index (Phi) is 5.74. The van der Waals surface area contributed by atoms with Gasteiger partial charge < -0.3 is 16.0 Å². The van der Waals surface area contributed by atoms with Crippen LogP contribution < -0.4 is 16.0 Å². The van der Waals surface area contributed by atoms with Gasteiger partial charge in [0.2, 0.25) is 11.8 Å². The van der Waals surface area contributed by atoms with Crippen LogP contribution in [0.5, 0.6) is 0 Å². The molecule has 2 rings (SSSR count). The highest BCUT2D eigenvalue weighted by molar-refractivity contribution is 5.86. The Bertz CT molecular complexity index is 633. The fourth-order valence-corrected chi connectivity index (χ4v) is 2.98. The number of hydrogen-bond donors (Lipinski definition) is 2. The zero-order valence-corrected chi connectivity index (χ0v) is 13.4. The molecule has 0 bridgehead atoms. The third kappa shape index (κ3) is 4.69. The van der Waals surface area contributed by atoms with Gasteiger partial charge in [0.15, 0.2) is 0 Å². The van der Waals surface area contributed by atoms with E-state index in [4.69, 9.17) is 5.73 Å². The molecule has 1 aliphatic rings. The summed E-state index contributed by atoms with van der Waals surface area (Å²) in [5, 5.41) is 12.2. The predicted molar refractivity (Wildman–Crippen MR) is 87.4 cm³/mol. The molecule has 0 atom stereocenters. The molecule has 0 spiro atoms. The zero-order chi connectivity index (χ0) is 17.6. The van der Waals surface area contributed by atoms with E-state index in [0.717, 1.165) is 19.3 Å².